The largest absolute Gasteiger partial charge is 0.390 e. The number of rotatable bonds is 1. The van der Waals surface area contributed by atoms with Crippen LogP contribution in [0.25, 0.3) is 0 Å². The molecule has 0 aromatic rings. The molecule has 8 atom stereocenters. The van der Waals surface area contributed by atoms with Gasteiger partial charge < -0.3 is 14.6 Å². The molecule has 160 valence electrons. The van der Waals surface area contributed by atoms with Gasteiger partial charge in [-0.3, -0.25) is 0 Å². The molecule has 0 radical (unpaired) electrons. The van der Waals surface area contributed by atoms with Crippen LogP contribution in [0.4, 0.5) is 0 Å². The molecule has 0 spiro atoms. The fourth-order valence-electron chi connectivity index (χ4n) is 9.53. The summed E-state index contributed by atoms with van der Waals surface area (Å²) in [7, 11) is 0. The van der Waals surface area contributed by atoms with Crippen LogP contribution >= 0.6 is 0 Å². The highest BCUT2D eigenvalue weighted by molar-refractivity contribution is 5.14. The number of aliphatic hydroxyl groups is 1. The molecule has 5 fully saturated rings. The Bertz CT molecular complexity index is 638. The second-order valence-corrected chi connectivity index (χ2v) is 12.5. The lowest BCUT2D eigenvalue weighted by atomic mass is 9.39. The molecule has 1 N–H and O–H groups in total. The van der Waals surface area contributed by atoms with Gasteiger partial charge >= 0.3 is 0 Å². The summed E-state index contributed by atoms with van der Waals surface area (Å²) in [5, 5.41) is 10.8. The van der Waals surface area contributed by atoms with Gasteiger partial charge in [0.25, 0.3) is 0 Å². The minimum Gasteiger partial charge on any atom is -0.390 e. The molecule has 0 unspecified atom stereocenters. The number of hydrogen-bond acceptors (Lipinski definition) is 3. The third-order valence-corrected chi connectivity index (χ3v) is 11.1. The molecular formula is C25H42O3. The lowest BCUT2D eigenvalue weighted by molar-refractivity contribution is -0.227. The highest BCUT2D eigenvalue weighted by Gasteiger charge is 2.66. The average molecular weight is 391 g/mol. The summed E-state index contributed by atoms with van der Waals surface area (Å²) in [6, 6.07) is 0. The van der Waals surface area contributed by atoms with E-state index in [2.05, 4.69) is 34.6 Å². The lowest BCUT2D eigenvalue weighted by Crippen LogP contribution is -2.60. The molecule has 1 saturated heterocycles. The summed E-state index contributed by atoms with van der Waals surface area (Å²) >= 11 is 0. The fraction of sp³-hybridized carbons (Fsp3) is 1.00. The highest BCUT2D eigenvalue weighted by Crippen LogP contribution is 2.72. The van der Waals surface area contributed by atoms with Crippen molar-refractivity contribution in [3.8, 4) is 0 Å². The van der Waals surface area contributed by atoms with Gasteiger partial charge in [0.2, 0.25) is 0 Å². The third kappa shape index (κ3) is 2.51. The molecule has 3 nitrogen and oxygen atoms in total. The molecule has 4 aliphatic carbocycles. The van der Waals surface area contributed by atoms with Crippen LogP contribution in [0, 0.1) is 39.9 Å². The van der Waals surface area contributed by atoms with E-state index in [1.807, 2.05) is 0 Å². The summed E-state index contributed by atoms with van der Waals surface area (Å²) in [6.45, 7) is 13.5. The van der Waals surface area contributed by atoms with Crippen molar-refractivity contribution in [2.24, 2.45) is 39.9 Å². The first-order valence-electron chi connectivity index (χ1n) is 12.0. The second-order valence-electron chi connectivity index (χ2n) is 12.5. The van der Waals surface area contributed by atoms with Crippen LogP contribution in [0.5, 0.6) is 0 Å². The van der Waals surface area contributed by atoms with Gasteiger partial charge in [-0.2, -0.15) is 0 Å². The Morgan fingerprint density at radius 3 is 2.18 bits per heavy atom. The van der Waals surface area contributed by atoms with Crippen molar-refractivity contribution in [2.45, 2.75) is 104 Å². The summed E-state index contributed by atoms with van der Waals surface area (Å²) < 4.78 is 12.3. The molecule has 5 aliphatic rings. The van der Waals surface area contributed by atoms with E-state index in [1.165, 1.54) is 44.9 Å². The van der Waals surface area contributed by atoms with Crippen LogP contribution in [0.3, 0.4) is 0 Å². The minimum absolute atomic E-state index is 0.297. The second kappa shape index (κ2) is 5.98. The Balaban J connectivity index is 1.44. The quantitative estimate of drug-likeness (QED) is 0.638. The normalized spacial score (nSPS) is 58.1. The van der Waals surface area contributed by atoms with Crippen LogP contribution in [0.1, 0.15) is 92.4 Å². The van der Waals surface area contributed by atoms with E-state index < -0.39 is 5.60 Å². The zero-order chi connectivity index (χ0) is 20.0. The monoisotopic (exact) mass is 390 g/mol. The highest BCUT2D eigenvalue weighted by atomic mass is 16.7. The van der Waals surface area contributed by atoms with Gasteiger partial charge in [0.1, 0.15) is 0 Å². The standard InChI is InChI=1S/C25H42O3/c1-21-10-8-17-18-6-7-20(25(5)27-14-15-28-25)23(18,3)11-9-19(17)24(21,4)13-12-22(2,26)16-21/h17-20,26H,6-16H2,1-5H3/t17-,18-,19-,20-,21+,22-,23-,24+/m0/s1. The maximum absolute atomic E-state index is 10.8. The predicted molar refractivity (Wildman–Crippen MR) is 111 cm³/mol. The van der Waals surface area contributed by atoms with E-state index in [-0.39, 0.29) is 5.79 Å². The first-order chi connectivity index (χ1) is 13.0. The van der Waals surface area contributed by atoms with E-state index >= 15 is 0 Å². The topological polar surface area (TPSA) is 38.7 Å². The summed E-state index contributed by atoms with van der Waals surface area (Å²) in [6.07, 6.45) is 11.1. The van der Waals surface area contributed by atoms with Crippen molar-refractivity contribution in [2.75, 3.05) is 13.2 Å². The van der Waals surface area contributed by atoms with Gasteiger partial charge in [-0.05, 0) is 106 Å². The first-order valence-corrected chi connectivity index (χ1v) is 12.0. The minimum atomic E-state index is -0.464. The van der Waals surface area contributed by atoms with Crippen LogP contribution in [-0.2, 0) is 9.47 Å². The Morgan fingerprint density at radius 2 is 1.46 bits per heavy atom. The molecule has 0 amide bonds. The Morgan fingerprint density at radius 1 is 0.750 bits per heavy atom. The van der Waals surface area contributed by atoms with Gasteiger partial charge in [0.05, 0.1) is 18.8 Å². The number of fused-ring (bicyclic) bond motifs is 5. The van der Waals surface area contributed by atoms with Crippen molar-refractivity contribution in [1.29, 1.82) is 0 Å². The zero-order valence-corrected chi connectivity index (χ0v) is 18.9. The van der Waals surface area contributed by atoms with Crippen molar-refractivity contribution >= 4 is 0 Å². The van der Waals surface area contributed by atoms with Gasteiger partial charge in [0.15, 0.2) is 5.79 Å². The van der Waals surface area contributed by atoms with Crippen LogP contribution in [0.15, 0.2) is 0 Å². The van der Waals surface area contributed by atoms with Crippen molar-refractivity contribution < 1.29 is 14.6 Å². The molecule has 5 rings (SSSR count). The average Bonchev–Trinajstić information content (AvgIpc) is 3.19. The summed E-state index contributed by atoms with van der Waals surface area (Å²) in [5.41, 5.74) is 0.589. The lowest BCUT2D eigenvalue weighted by Gasteiger charge is -2.66. The maximum Gasteiger partial charge on any atom is 0.169 e. The summed E-state index contributed by atoms with van der Waals surface area (Å²) in [4.78, 5) is 0. The number of ether oxygens (including phenoxy) is 2. The van der Waals surface area contributed by atoms with Gasteiger partial charge in [0, 0.05) is 5.92 Å². The molecule has 28 heavy (non-hydrogen) atoms. The molecule has 1 heterocycles. The molecule has 0 aromatic heterocycles. The van der Waals surface area contributed by atoms with Crippen LogP contribution in [0.2, 0.25) is 0 Å². The molecule has 3 heteroatoms. The van der Waals surface area contributed by atoms with Crippen LogP contribution in [-0.4, -0.2) is 29.7 Å². The van der Waals surface area contributed by atoms with E-state index in [0.717, 1.165) is 43.8 Å². The molecule has 1 aliphatic heterocycles. The molecule has 0 aromatic carbocycles. The smallest absolute Gasteiger partial charge is 0.169 e. The molecule has 0 bridgehead atoms. The Labute approximate surface area is 171 Å². The first kappa shape index (κ1) is 19.8. The summed E-state index contributed by atoms with van der Waals surface area (Å²) in [5.74, 6) is 2.70. The van der Waals surface area contributed by atoms with E-state index in [1.54, 1.807) is 0 Å². The number of hydrogen-bond donors (Lipinski definition) is 1. The van der Waals surface area contributed by atoms with Crippen molar-refractivity contribution in [3.63, 3.8) is 0 Å². The van der Waals surface area contributed by atoms with Gasteiger partial charge in [-0.25, -0.2) is 0 Å². The van der Waals surface area contributed by atoms with Crippen molar-refractivity contribution in [1.82, 2.24) is 0 Å². The SMILES string of the molecule is CC1([C@H]2CC[C@H]3[C@@H]4CC[C@]5(C)C[C@@](C)(O)CC[C@]5(C)[C@H]4CC[C@]23C)OCCO1. The molecular weight excluding hydrogens is 348 g/mol. The van der Waals surface area contributed by atoms with E-state index in [9.17, 15) is 5.11 Å². The van der Waals surface area contributed by atoms with Crippen LogP contribution < -0.4 is 0 Å². The van der Waals surface area contributed by atoms with E-state index in [0.29, 0.717) is 22.2 Å². The fourth-order valence-corrected chi connectivity index (χ4v) is 9.53. The predicted octanol–water partition coefficient (Wildman–Crippen LogP) is 5.55. The van der Waals surface area contributed by atoms with E-state index in [4.69, 9.17) is 9.47 Å². The zero-order valence-electron chi connectivity index (χ0n) is 18.9. The molecule has 4 saturated carbocycles. The maximum atomic E-state index is 10.8. The third-order valence-electron chi connectivity index (χ3n) is 11.1. The Kier molecular flexibility index (Phi) is 4.23. The Hall–Kier alpha value is -0.120. The van der Waals surface area contributed by atoms with Gasteiger partial charge in [-0.15, -0.1) is 0 Å². The van der Waals surface area contributed by atoms with Gasteiger partial charge in [-0.1, -0.05) is 20.8 Å². The van der Waals surface area contributed by atoms with Crippen molar-refractivity contribution in [3.05, 3.63) is 0 Å².